The standard InChI is InChI=1S/C14H13ClN2O2/c1-9-4-2-3-5-13(9)17-14(18)19-10-6-7-11(15)12(16)8-10/h2-8H,16H2,1H3,(H,17,18). The highest BCUT2D eigenvalue weighted by Crippen LogP contribution is 2.24. The monoisotopic (exact) mass is 276 g/mol. The Morgan fingerprint density at radius 2 is 2.00 bits per heavy atom. The molecule has 0 aliphatic rings. The summed E-state index contributed by atoms with van der Waals surface area (Å²) in [6, 6.07) is 12.1. The second-order valence-corrected chi connectivity index (χ2v) is 4.42. The Morgan fingerprint density at radius 3 is 2.68 bits per heavy atom. The third-order valence-corrected chi connectivity index (χ3v) is 2.90. The molecule has 5 heteroatoms. The first-order chi connectivity index (χ1) is 9.06. The van der Waals surface area contributed by atoms with Gasteiger partial charge in [0.1, 0.15) is 5.75 Å². The van der Waals surface area contributed by atoms with Crippen LogP contribution in [-0.4, -0.2) is 6.09 Å². The van der Waals surface area contributed by atoms with Crippen molar-refractivity contribution in [3.63, 3.8) is 0 Å². The molecule has 0 atom stereocenters. The molecule has 0 saturated carbocycles. The minimum absolute atomic E-state index is 0.341. The van der Waals surface area contributed by atoms with Crippen molar-refractivity contribution in [2.45, 2.75) is 6.92 Å². The lowest BCUT2D eigenvalue weighted by Crippen LogP contribution is -2.17. The van der Waals surface area contributed by atoms with E-state index in [2.05, 4.69) is 5.32 Å². The zero-order valence-electron chi connectivity index (χ0n) is 10.3. The maximum atomic E-state index is 11.7. The SMILES string of the molecule is Cc1ccccc1NC(=O)Oc1ccc(Cl)c(N)c1. The Morgan fingerprint density at radius 1 is 1.26 bits per heavy atom. The van der Waals surface area contributed by atoms with Crippen molar-refractivity contribution in [2.24, 2.45) is 0 Å². The summed E-state index contributed by atoms with van der Waals surface area (Å²) in [5.74, 6) is 0.341. The summed E-state index contributed by atoms with van der Waals surface area (Å²) in [7, 11) is 0. The Balaban J connectivity index is 2.05. The van der Waals surface area contributed by atoms with Gasteiger partial charge in [-0.2, -0.15) is 0 Å². The lowest BCUT2D eigenvalue weighted by Gasteiger charge is -2.09. The van der Waals surface area contributed by atoms with E-state index in [0.29, 0.717) is 22.1 Å². The molecule has 0 heterocycles. The molecule has 4 nitrogen and oxygen atoms in total. The number of hydrogen-bond donors (Lipinski definition) is 2. The molecular weight excluding hydrogens is 264 g/mol. The fraction of sp³-hybridized carbons (Fsp3) is 0.0714. The predicted octanol–water partition coefficient (Wildman–Crippen LogP) is 3.84. The molecule has 0 spiro atoms. The van der Waals surface area contributed by atoms with Gasteiger partial charge in [-0.1, -0.05) is 29.8 Å². The van der Waals surface area contributed by atoms with Gasteiger partial charge >= 0.3 is 6.09 Å². The van der Waals surface area contributed by atoms with E-state index in [9.17, 15) is 4.79 Å². The quantitative estimate of drug-likeness (QED) is 0.819. The van der Waals surface area contributed by atoms with Crippen LogP contribution in [0.3, 0.4) is 0 Å². The average molecular weight is 277 g/mol. The highest BCUT2D eigenvalue weighted by Gasteiger charge is 2.07. The molecule has 1 amide bonds. The van der Waals surface area contributed by atoms with E-state index >= 15 is 0 Å². The number of amides is 1. The van der Waals surface area contributed by atoms with E-state index in [1.54, 1.807) is 18.2 Å². The third-order valence-electron chi connectivity index (χ3n) is 2.56. The highest BCUT2D eigenvalue weighted by molar-refractivity contribution is 6.33. The van der Waals surface area contributed by atoms with Crippen molar-refractivity contribution in [1.82, 2.24) is 0 Å². The Bertz CT molecular complexity index is 614. The normalized spacial score (nSPS) is 10.0. The number of nitrogens with one attached hydrogen (secondary N) is 1. The van der Waals surface area contributed by atoms with E-state index in [4.69, 9.17) is 22.1 Å². The number of hydrogen-bond acceptors (Lipinski definition) is 3. The topological polar surface area (TPSA) is 64.3 Å². The van der Waals surface area contributed by atoms with Crippen LogP contribution in [0.1, 0.15) is 5.56 Å². The molecule has 0 aromatic heterocycles. The molecule has 3 N–H and O–H groups in total. The number of halogens is 1. The van der Waals surface area contributed by atoms with Crippen LogP contribution in [-0.2, 0) is 0 Å². The van der Waals surface area contributed by atoms with Gasteiger partial charge in [0, 0.05) is 11.8 Å². The molecular formula is C14H13ClN2O2. The van der Waals surface area contributed by atoms with E-state index in [-0.39, 0.29) is 0 Å². The lowest BCUT2D eigenvalue weighted by atomic mass is 10.2. The van der Waals surface area contributed by atoms with E-state index in [0.717, 1.165) is 5.56 Å². The largest absolute Gasteiger partial charge is 0.417 e. The number of carbonyl (C=O) groups is 1. The van der Waals surface area contributed by atoms with Crippen LogP contribution in [0, 0.1) is 6.92 Å². The summed E-state index contributed by atoms with van der Waals surface area (Å²) in [6.07, 6.45) is -0.573. The summed E-state index contributed by atoms with van der Waals surface area (Å²) in [6.45, 7) is 1.90. The van der Waals surface area contributed by atoms with Crippen LogP contribution in [0.4, 0.5) is 16.2 Å². The molecule has 19 heavy (non-hydrogen) atoms. The minimum Gasteiger partial charge on any atom is -0.410 e. The molecule has 0 radical (unpaired) electrons. The van der Waals surface area contributed by atoms with Crippen molar-refractivity contribution < 1.29 is 9.53 Å². The second kappa shape index (κ2) is 5.63. The fourth-order valence-electron chi connectivity index (χ4n) is 1.54. The van der Waals surface area contributed by atoms with Crippen molar-refractivity contribution in [3.8, 4) is 5.75 Å². The molecule has 98 valence electrons. The number of nitrogen functional groups attached to an aromatic ring is 1. The van der Waals surface area contributed by atoms with Crippen LogP contribution in [0.15, 0.2) is 42.5 Å². The predicted molar refractivity (Wildman–Crippen MR) is 76.7 cm³/mol. The first-order valence-electron chi connectivity index (χ1n) is 5.66. The maximum Gasteiger partial charge on any atom is 0.417 e. The maximum absolute atomic E-state index is 11.7. The number of rotatable bonds is 2. The Labute approximate surface area is 116 Å². The van der Waals surface area contributed by atoms with Gasteiger partial charge in [-0.25, -0.2) is 4.79 Å². The second-order valence-electron chi connectivity index (χ2n) is 4.01. The summed E-state index contributed by atoms with van der Waals surface area (Å²) >= 11 is 5.79. The Hall–Kier alpha value is -2.20. The van der Waals surface area contributed by atoms with Crippen LogP contribution < -0.4 is 15.8 Å². The van der Waals surface area contributed by atoms with Crippen LogP contribution >= 0.6 is 11.6 Å². The number of benzene rings is 2. The zero-order valence-corrected chi connectivity index (χ0v) is 11.1. The van der Waals surface area contributed by atoms with Gasteiger partial charge in [-0.05, 0) is 30.7 Å². The molecule has 2 aromatic carbocycles. The molecule has 0 saturated heterocycles. The van der Waals surface area contributed by atoms with Crippen molar-refractivity contribution in [2.75, 3.05) is 11.1 Å². The number of aryl methyl sites for hydroxylation is 1. The number of anilines is 2. The summed E-state index contributed by atoms with van der Waals surface area (Å²) < 4.78 is 5.12. The minimum atomic E-state index is -0.573. The first-order valence-corrected chi connectivity index (χ1v) is 6.03. The third kappa shape index (κ3) is 3.39. The lowest BCUT2D eigenvalue weighted by molar-refractivity contribution is 0.215. The number of para-hydroxylation sites is 1. The molecule has 0 fully saturated rings. The van der Waals surface area contributed by atoms with E-state index in [1.165, 1.54) is 6.07 Å². The van der Waals surface area contributed by atoms with Crippen LogP contribution in [0.2, 0.25) is 5.02 Å². The summed E-state index contributed by atoms with van der Waals surface area (Å²) in [5.41, 5.74) is 7.65. The molecule has 0 bridgehead atoms. The van der Waals surface area contributed by atoms with Gasteiger partial charge in [0.05, 0.1) is 10.7 Å². The van der Waals surface area contributed by atoms with Gasteiger partial charge < -0.3 is 10.5 Å². The number of nitrogens with two attached hydrogens (primary N) is 1. The van der Waals surface area contributed by atoms with Gasteiger partial charge in [0.2, 0.25) is 0 Å². The molecule has 0 aliphatic heterocycles. The zero-order chi connectivity index (χ0) is 13.8. The van der Waals surface area contributed by atoms with E-state index < -0.39 is 6.09 Å². The summed E-state index contributed by atoms with van der Waals surface area (Å²) in [4.78, 5) is 11.7. The van der Waals surface area contributed by atoms with Gasteiger partial charge in [0.25, 0.3) is 0 Å². The van der Waals surface area contributed by atoms with Gasteiger partial charge in [-0.3, -0.25) is 5.32 Å². The highest BCUT2D eigenvalue weighted by atomic mass is 35.5. The first kappa shape index (κ1) is 13.2. The molecule has 2 aromatic rings. The number of carbonyl (C=O) groups excluding carboxylic acids is 1. The van der Waals surface area contributed by atoms with Crippen molar-refractivity contribution in [1.29, 1.82) is 0 Å². The Kier molecular flexibility index (Phi) is 3.92. The smallest absolute Gasteiger partial charge is 0.410 e. The van der Waals surface area contributed by atoms with Crippen molar-refractivity contribution in [3.05, 3.63) is 53.1 Å². The van der Waals surface area contributed by atoms with Crippen LogP contribution in [0.5, 0.6) is 5.75 Å². The van der Waals surface area contributed by atoms with Gasteiger partial charge in [0.15, 0.2) is 0 Å². The van der Waals surface area contributed by atoms with Crippen LogP contribution in [0.25, 0.3) is 0 Å². The summed E-state index contributed by atoms with van der Waals surface area (Å²) in [5, 5.41) is 3.08. The fourth-order valence-corrected chi connectivity index (χ4v) is 1.66. The molecule has 2 rings (SSSR count). The molecule has 0 aliphatic carbocycles. The molecule has 0 unspecified atom stereocenters. The average Bonchev–Trinajstić information content (AvgIpc) is 2.37. The van der Waals surface area contributed by atoms with Crippen molar-refractivity contribution >= 4 is 29.1 Å². The van der Waals surface area contributed by atoms with E-state index in [1.807, 2.05) is 25.1 Å². The van der Waals surface area contributed by atoms with Gasteiger partial charge in [-0.15, -0.1) is 0 Å². The number of ether oxygens (including phenoxy) is 1.